The molecule has 0 aliphatic carbocycles. The molecule has 1 heterocycles. The van der Waals surface area contributed by atoms with Gasteiger partial charge in [0.25, 0.3) is 0 Å². The second-order valence-corrected chi connectivity index (χ2v) is 2.77. The highest BCUT2D eigenvalue weighted by atomic mass is 19.1. The molecule has 0 spiro atoms. The van der Waals surface area contributed by atoms with Crippen LogP contribution in [0.2, 0.25) is 0 Å². The van der Waals surface area contributed by atoms with E-state index in [4.69, 9.17) is 4.74 Å². The Morgan fingerprint density at radius 1 is 1.43 bits per heavy atom. The maximum Gasteiger partial charge on any atom is 0.165 e. The third-order valence-corrected chi connectivity index (χ3v) is 1.90. The predicted octanol–water partition coefficient (Wildman–Crippen LogP) is 2.02. The average Bonchev–Trinajstić information content (AvgIpc) is 2.71. The molecule has 0 aliphatic rings. The number of aromatic nitrogens is 2. The highest BCUT2D eigenvalue weighted by molar-refractivity contribution is 5.39. The molecule has 0 bridgehead atoms. The van der Waals surface area contributed by atoms with Crippen molar-refractivity contribution in [3.63, 3.8) is 0 Å². The quantitative estimate of drug-likeness (QED) is 0.727. The summed E-state index contributed by atoms with van der Waals surface area (Å²) < 4.78 is 19.6. The summed E-state index contributed by atoms with van der Waals surface area (Å²) in [6.45, 7) is 0. The molecule has 0 atom stereocenters. The molecule has 0 saturated carbocycles. The van der Waals surface area contributed by atoms with Crippen molar-refractivity contribution < 1.29 is 9.13 Å². The molecule has 0 aliphatic heterocycles. The molecule has 0 saturated heterocycles. The summed E-state index contributed by atoms with van der Waals surface area (Å²) in [6.07, 6.45) is 3.45. The van der Waals surface area contributed by atoms with Crippen LogP contribution in [-0.2, 0) is 0 Å². The lowest BCUT2D eigenvalue weighted by Gasteiger charge is -2.05. The Bertz CT molecular complexity index is 426. The smallest absolute Gasteiger partial charge is 0.165 e. The van der Waals surface area contributed by atoms with Crippen LogP contribution in [0.1, 0.15) is 0 Å². The van der Waals surface area contributed by atoms with Crippen LogP contribution in [0.25, 0.3) is 5.69 Å². The molecule has 14 heavy (non-hydrogen) atoms. The summed E-state index contributed by atoms with van der Waals surface area (Å²) >= 11 is 0. The van der Waals surface area contributed by atoms with Crippen LogP contribution < -0.4 is 4.74 Å². The van der Waals surface area contributed by atoms with Crippen molar-refractivity contribution >= 4 is 0 Å². The topological polar surface area (TPSA) is 27.1 Å². The lowest BCUT2D eigenvalue weighted by atomic mass is 10.3. The Balaban J connectivity index is 2.46. The Morgan fingerprint density at radius 2 is 2.29 bits per heavy atom. The Morgan fingerprint density at radius 3 is 2.93 bits per heavy atom. The molecule has 0 radical (unpaired) electrons. The van der Waals surface area contributed by atoms with Crippen molar-refractivity contribution in [2.24, 2.45) is 0 Å². The first-order chi connectivity index (χ1) is 6.81. The van der Waals surface area contributed by atoms with E-state index in [2.05, 4.69) is 5.10 Å². The minimum Gasteiger partial charge on any atom is -0.494 e. The predicted molar refractivity (Wildman–Crippen MR) is 50.1 cm³/mol. The number of benzene rings is 1. The Labute approximate surface area is 80.7 Å². The molecule has 0 amide bonds. The van der Waals surface area contributed by atoms with Gasteiger partial charge in [0.2, 0.25) is 0 Å². The summed E-state index contributed by atoms with van der Waals surface area (Å²) in [7, 11) is 1.44. The molecule has 0 fully saturated rings. The second-order valence-electron chi connectivity index (χ2n) is 2.77. The lowest BCUT2D eigenvalue weighted by Crippen LogP contribution is -1.96. The van der Waals surface area contributed by atoms with Gasteiger partial charge < -0.3 is 4.74 Å². The van der Waals surface area contributed by atoms with Gasteiger partial charge in [0.1, 0.15) is 0 Å². The van der Waals surface area contributed by atoms with Gasteiger partial charge >= 0.3 is 0 Å². The van der Waals surface area contributed by atoms with Gasteiger partial charge in [-0.25, -0.2) is 9.07 Å². The molecule has 72 valence electrons. The van der Waals surface area contributed by atoms with Gasteiger partial charge in [-0.2, -0.15) is 5.10 Å². The van der Waals surface area contributed by atoms with Crippen molar-refractivity contribution in [3.05, 3.63) is 42.5 Å². The van der Waals surface area contributed by atoms with Crippen molar-refractivity contribution in [2.75, 3.05) is 7.11 Å². The van der Waals surface area contributed by atoms with Crippen LogP contribution in [0.15, 0.2) is 36.7 Å². The molecule has 2 aromatic rings. The number of halogens is 1. The fourth-order valence-electron chi connectivity index (χ4n) is 1.21. The minimum atomic E-state index is -0.372. The zero-order chi connectivity index (χ0) is 9.97. The first-order valence-corrected chi connectivity index (χ1v) is 4.15. The zero-order valence-corrected chi connectivity index (χ0v) is 7.64. The zero-order valence-electron chi connectivity index (χ0n) is 7.64. The standard InChI is InChI=1S/C10H9FN2O/c1-14-10-7-8(3-4-9(10)11)13-6-2-5-12-13/h2-7H,1H3. The monoisotopic (exact) mass is 192 g/mol. The highest BCUT2D eigenvalue weighted by Gasteiger charge is 2.04. The molecule has 0 N–H and O–H groups in total. The normalized spacial score (nSPS) is 10.1. The first kappa shape index (κ1) is 8.74. The molecule has 0 unspecified atom stereocenters. The van der Waals surface area contributed by atoms with Gasteiger partial charge in [-0.05, 0) is 18.2 Å². The molecule has 3 nitrogen and oxygen atoms in total. The van der Waals surface area contributed by atoms with E-state index >= 15 is 0 Å². The number of ether oxygens (including phenoxy) is 1. The van der Waals surface area contributed by atoms with Crippen LogP contribution in [-0.4, -0.2) is 16.9 Å². The molecule has 1 aromatic carbocycles. The van der Waals surface area contributed by atoms with Crippen LogP contribution >= 0.6 is 0 Å². The van der Waals surface area contributed by atoms with E-state index in [1.54, 1.807) is 35.3 Å². The fraction of sp³-hybridized carbons (Fsp3) is 0.100. The minimum absolute atomic E-state index is 0.220. The van der Waals surface area contributed by atoms with Crippen molar-refractivity contribution in [1.82, 2.24) is 9.78 Å². The second kappa shape index (κ2) is 3.49. The summed E-state index contributed by atoms with van der Waals surface area (Å²) in [6, 6.07) is 6.40. The number of nitrogens with zero attached hydrogens (tertiary/aromatic N) is 2. The number of hydrogen-bond acceptors (Lipinski definition) is 2. The molecule has 2 rings (SSSR count). The van der Waals surface area contributed by atoms with Crippen molar-refractivity contribution in [2.45, 2.75) is 0 Å². The van der Waals surface area contributed by atoms with Gasteiger partial charge in [-0.15, -0.1) is 0 Å². The van der Waals surface area contributed by atoms with Crippen LogP contribution in [0, 0.1) is 5.82 Å². The Kier molecular flexibility index (Phi) is 2.18. The number of hydrogen-bond donors (Lipinski definition) is 0. The molecular formula is C10H9FN2O. The maximum absolute atomic E-state index is 13.1. The average molecular weight is 192 g/mol. The summed E-state index contributed by atoms with van der Waals surface area (Å²) in [4.78, 5) is 0. The third-order valence-electron chi connectivity index (χ3n) is 1.90. The Hall–Kier alpha value is -1.84. The van der Waals surface area contributed by atoms with E-state index in [1.165, 1.54) is 13.2 Å². The van der Waals surface area contributed by atoms with Crippen molar-refractivity contribution in [3.8, 4) is 11.4 Å². The largest absolute Gasteiger partial charge is 0.494 e. The number of rotatable bonds is 2. The molecular weight excluding hydrogens is 183 g/mol. The first-order valence-electron chi connectivity index (χ1n) is 4.15. The van der Waals surface area contributed by atoms with Gasteiger partial charge in [-0.3, -0.25) is 0 Å². The SMILES string of the molecule is COc1cc(-n2cccn2)ccc1F. The van der Waals surface area contributed by atoms with E-state index in [9.17, 15) is 4.39 Å². The lowest BCUT2D eigenvalue weighted by molar-refractivity contribution is 0.386. The van der Waals surface area contributed by atoms with Crippen LogP contribution in [0.5, 0.6) is 5.75 Å². The summed E-state index contributed by atoms with van der Waals surface area (Å²) in [5, 5.41) is 4.03. The fourth-order valence-corrected chi connectivity index (χ4v) is 1.21. The van der Waals surface area contributed by atoms with E-state index in [0.29, 0.717) is 0 Å². The van der Waals surface area contributed by atoms with E-state index in [0.717, 1.165) is 5.69 Å². The summed E-state index contributed by atoms with van der Waals surface area (Å²) in [5.41, 5.74) is 0.772. The highest BCUT2D eigenvalue weighted by Crippen LogP contribution is 2.19. The number of methoxy groups -OCH3 is 1. The van der Waals surface area contributed by atoms with Gasteiger partial charge in [0, 0.05) is 18.5 Å². The van der Waals surface area contributed by atoms with Crippen molar-refractivity contribution in [1.29, 1.82) is 0 Å². The van der Waals surface area contributed by atoms with Gasteiger partial charge in [0.05, 0.1) is 12.8 Å². The third kappa shape index (κ3) is 1.46. The van der Waals surface area contributed by atoms with E-state index in [1.807, 2.05) is 0 Å². The van der Waals surface area contributed by atoms with Gasteiger partial charge in [0.15, 0.2) is 11.6 Å². The maximum atomic E-state index is 13.1. The van der Waals surface area contributed by atoms with E-state index in [-0.39, 0.29) is 11.6 Å². The molecule has 4 heteroatoms. The summed E-state index contributed by atoms with van der Waals surface area (Å²) in [5.74, 6) is -0.151. The molecule has 1 aromatic heterocycles. The van der Waals surface area contributed by atoms with Gasteiger partial charge in [-0.1, -0.05) is 0 Å². The van der Waals surface area contributed by atoms with Crippen LogP contribution in [0.4, 0.5) is 4.39 Å². The van der Waals surface area contributed by atoms with E-state index < -0.39 is 0 Å². The van der Waals surface area contributed by atoms with Crippen LogP contribution in [0.3, 0.4) is 0 Å².